The molecule has 1 aliphatic carbocycles. The average molecular weight is 185 g/mol. The first-order valence-corrected chi connectivity index (χ1v) is 5.51. The lowest BCUT2D eigenvalue weighted by atomic mass is 10.1. The minimum Gasteiger partial charge on any atom is -0.381 e. The van der Waals surface area contributed by atoms with E-state index in [4.69, 9.17) is 4.74 Å². The van der Waals surface area contributed by atoms with Crippen molar-refractivity contribution in [3.8, 4) is 0 Å². The molecule has 13 heavy (non-hydrogen) atoms. The molecule has 1 saturated carbocycles. The van der Waals surface area contributed by atoms with Crippen LogP contribution in [0.4, 0.5) is 0 Å². The van der Waals surface area contributed by atoms with Crippen LogP contribution in [-0.4, -0.2) is 25.3 Å². The van der Waals surface area contributed by atoms with Gasteiger partial charge in [-0.15, -0.1) is 0 Å². The van der Waals surface area contributed by atoms with Crippen LogP contribution in [0.2, 0.25) is 0 Å². The molecule has 0 heterocycles. The maximum atomic E-state index is 5.44. The second kappa shape index (κ2) is 5.61. The molecule has 1 aliphatic rings. The van der Waals surface area contributed by atoms with Gasteiger partial charge in [0.05, 0.1) is 6.10 Å². The molecular weight excluding hydrogens is 162 g/mol. The first kappa shape index (κ1) is 11.0. The van der Waals surface area contributed by atoms with E-state index in [1.54, 1.807) is 0 Å². The van der Waals surface area contributed by atoms with Gasteiger partial charge in [0.2, 0.25) is 0 Å². The molecule has 0 spiro atoms. The number of hydrogen-bond acceptors (Lipinski definition) is 2. The van der Waals surface area contributed by atoms with Crippen molar-refractivity contribution in [1.29, 1.82) is 0 Å². The summed E-state index contributed by atoms with van der Waals surface area (Å²) in [4.78, 5) is 0. The van der Waals surface area contributed by atoms with E-state index in [-0.39, 0.29) is 0 Å². The Balaban J connectivity index is 2.35. The molecule has 1 N–H and O–H groups in total. The third-order valence-electron chi connectivity index (χ3n) is 2.78. The zero-order valence-corrected chi connectivity index (χ0v) is 9.18. The van der Waals surface area contributed by atoms with Crippen molar-refractivity contribution in [2.75, 3.05) is 7.11 Å². The fourth-order valence-corrected chi connectivity index (χ4v) is 2.15. The van der Waals surface area contributed by atoms with Crippen LogP contribution in [0, 0.1) is 0 Å². The summed E-state index contributed by atoms with van der Waals surface area (Å²) < 4.78 is 5.44. The average Bonchev–Trinajstić information content (AvgIpc) is 2.28. The Labute approximate surface area is 82.0 Å². The Morgan fingerprint density at radius 3 is 2.54 bits per heavy atom. The van der Waals surface area contributed by atoms with Gasteiger partial charge in [-0.05, 0) is 19.3 Å². The summed E-state index contributed by atoms with van der Waals surface area (Å²) in [5.74, 6) is 0. The summed E-state index contributed by atoms with van der Waals surface area (Å²) in [5, 5.41) is 3.61. The third-order valence-corrected chi connectivity index (χ3v) is 2.78. The van der Waals surface area contributed by atoms with Crippen molar-refractivity contribution in [3.63, 3.8) is 0 Å². The summed E-state index contributed by atoms with van der Waals surface area (Å²) in [6.45, 7) is 4.43. The molecule has 0 radical (unpaired) electrons. The molecule has 0 aromatic carbocycles. The number of methoxy groups -OCH3 is 1. The van der Waals surface area contributed by atoms with Crippen LogP contribution in [0.3, 0.4) is 0 Å². The van der Waals surface area contributed by atoms with Crippen LogP contribution in [0.1, 0.15) is 46.0 Å². The second-order valence-electron chi connectivity index (χ2n) is 4.40. The lowest BCUT2D eigenvalue weighted by molar-refractivity contribution is 0.0827. The molecule has 0 unspecified atom stereocenters. The smallest absolute Gasteiger partial charge is 0.0586 e. The van der Waals surface area contributed by atoms with Crippen molar-refractivity contribution in [1.82, 2.24) is 5.32 Å². The molecule has 2 atom stereocenters. The zero-order chi connectivity index (χ0) is 9.68. The van der Waals surface area contributed by atoms with Gasteiger partial charge in [-0.25, -0.2) is 0 Å². The first-order chi connectivity index (χ1) is 6.22. The Bertz CT molecular complexity index is 136. The van der Waals surface area contributed by atoms with Gasteiger partial charge < -0.3 is 10.1 Å². The van der Waals surface area contributed by atoms with Gasteiger partial charge in [-0.1, -0.05) is 26.7 Å². The highest BCUT2D eigenvalue weighted by Crippen LogP contribution is 2.20. The van der Waals surface area contributed by atoms with Crippen LogP contribution < -0.4 is 5.32 Å². The fourth-order valence-electron chi connectivity index (χ4n) is 2.15. The lowest BCUT2D eigenvalue weighted by Gasteiger charge is -2.22. The van der Waals surface area contributed by atoms with Crippen molar-refractivity contribution in [2.24, 2.45) is 0 Å². The summed E-state index contributed by atoms with van der Waals surface area (Å²) in [6, 6.07) is 1.27. The van der Waals surface area contributed by atoms with E-state index in [1.807, 2.05) is 7.11 Å². The van der Waals surface area contributed by atoms with E-state index in [1.165, 1.54) is 32.1 Å². The quantitative estimate of drug-likeness (QED) is 0.681. The molecule has 1 fully saturated rings. The van der Waals surface area contributed by atoms with E-state index in [0.717, 1.165) is 0 Å². The topological polar surface area (TPSA) is 21.3 Å². The van der Waals surface area contributed by atoms with E-state index in [2.05, 4.69) is 19.2 Å². The van der Waals surface area contributed by atoms with Gasteiger partial charge >= 0.3 is 0 Å². The molecule has 0 aliphatic heterocycles. The van der Waals surface area contributed by atoms with Gasteiger partial charge in [0.25, 0.3) is 0 Å². The highest BCUT2D eigenvalue weighted by Gasteiger charge is 2.19. The Hall–Kier alpha value is -0.0800. The maximum absolute atomic E-state index is 5.44. The number of rotatable bonds is 3. The van der Waals surface area contributed by atoms with E-state index in [9.17, 15) is 0 Å². The predicted molar refractivity (Wildman–Crippen MR) is 55.9 cm³/mol. The summed E-state index contributed by atoms with van der Waals surface area (Å²) in [5.41, 5.74) is 0. The van der Waals surface area contributed by atoms with Crippen LogP contribution in [0.25, 0.3) is 0 Å². The fraction of sp³-hybridized carbons (Fsp3) is 1.00. The molecule has 0 aromatic heterocycles. The third kappa shape index (κ3) is 4.10. The van der Waals surface area contributed by atoms with Gasteiger partial charge in [-0.3, -0.25) is 0 Å². The molecule has 1 rings (SSSR count). The molecule has 0 bridgehead atoms. The van der Waals surface area contributed by atoms with Gasteiger partial charge in [-0.2, -0.15) is 0 Å². The molecule has 78 valence electrons. The highest BCUT2D eigenvalue weighted by atomic mass is 16.5. The minimum atomic E-state index is 0.485. The van der Waals surface area contributed by atoms with Crippen molar-refractivity contribution >= 4 is 0 Å². The number of hydrogen-bond donors (Lipinski definition) is 1. The Kier molecular flexibility index (Phi) is 4.74. The van der Waals surface area contributed by atoms with E-state index < -0.39 is 0 Å². The van der Waals surface area contributed by atoms with Crippen molar-refractivity contribution < 1.29 is 4.74 Å². The normalized spacial score (nSPS) is 30.5. The SMILES string of the molecule is CO[C@H]1CCCC[C@@H](NC(C)C)C1. The summed E-state index contributed by atoms with van der Waals surface area (Å²) in [6.07, 6.45) is 6.91. The van der Waals surface area contributed by atoms with E-state index in [0.29, 0.717) is 18.2 Å². The minimum absolute atomic E-state index is 0.485. The van der Waals surface area contributed by atoms with Crippen molar-refractivity contribution in [2.45, 2.75) is 64.1 Å². The maximum Gasteiger partial charge on any atom is 0.0586 e. The Morgan fingerprint density at radius 1 is 1.23 bits per heavy atom. The first-order valence-electron chi connectivity index (χ1n) is 5.51. The van der Waals surface area contributed by atoms with Gasteiger partial charge in [0.1, 0.15) is 0 Å². The monoisotopic (exact) mass is 185 g/mol. The molecule has 0 amide bonds. The lowest BCUT2D eigenvalue weighted by Crippen LogP contribution is -2.36. The van der Waals surface area contributed by atoms with Crippen LogP contribution >= 0.6 is 0 Å². The van der Waals surface area contributed by atoms with Gasteiger partial charge in [0, 0.05) is 19.2 Å². The molecule has 2 nitrogen and oxygen atoms in total. The summed E-state index contributed by atoms with van der Waals surface area (Å²) in [7, 11) is 1.84. The zero-order valence-electron chi connectivity index (χ0n) is 9.18. The second-order valence-corrected chi connectivity index (χ2v) is 4.40. The summed E-state index contributed by atoms with van der Waals surface area (Å²) >= 11 is 0. The number of nitrogens with one attached hydrogen (secondary N) is 1. The standard InChI is InChI=1S/C11H23NO/c1-9(2)12-10-6-4-5-7-11(8-10)13-3/h9-12H,4-8H2,1-3H3/t10-,11+/m1/s1. The van der Waals surface area contributed by atoms with Crippen LogP contribution in [0.5, 0.6) is 0 Å². The molecule has 0 saturated heterocycles. The van der Waals surface area contributed by atoms with E-state index >= 15 is 0 Å². The largest absolute Gasteiger partial charge is 0.381 e. The highest BCUT2D eigenvalue weighted by molar-refractivity contribution is 4.77. The number of ether oxygens (including phenoxy) is 1. The predicted octanol–water partition coefficient (Wildman–Crippen LogP) is 2.33. The van der Waals surface area contributed by atoms with Crippen LogP contribution in [-0.2, 0) is 4.74 Å². The molecule has 2 heteroatoms. The Morgan fingerprint density at radius 2 is 1.92 bits per heavy atom. The van der Waals surface area contributed by atoms with Crippen LogP contribution in [0.15, 0.2) is 0 Å². The molecular formula is C11H23NO. The molecule has 0 aromatic rings. The van der Waals surface area contributed by atoms with Crippen molar-refractivity contribution in [3.05, 3.63) is 0 Å². The van der Waals surface area contributed by atoms with Gasteiger partial charge in [0.15, 0.2) is 0 Å².